The third kappa shape index (κ3) is 6.63. The second kappa shape index (κ2) is 13.8. The standard InChI is InChI=1S/C34H34BrFN6O4/c1-44-30-8-5-23(14-31(30)45-2)24-13-27(33(37)38-15-24)22-3-6-26(7-4-22)42(36)29-20-41(18-21-9-11-46-12-10-21)19-28(32(29)43)34-39-16-25(35)17-40-34/h3-8,13-17,19-21,34,39H,9-12,18H2,1-2H3,(H2,37,38). The first-order valence-corrected chi connectivity index (χ1v) is 15.6. The van der Waals surface area contributed by atoms with Crippen LogP contribution >= 0.6 is 15.9 Å². The van der Waals surface area contributed by atoms with E-state index in [9.17, 15) is 4.79 Å². The van der Waals surface area contributed by atoms with Gasteiger partial charge in [0, 0.05) is 61.9 Å². The van der Waals surface area contributed by atoms with Crippen LogP contribution in [0.3, 0.4) is 0 Å². The molecule has 0 radical (unpaired) electrons. The van der Waals surface area contributed by atoms with E-state index in [0.29, 0.717) is 59.2 Å². The topological polar surface area (TPSA) is 116 Å². The largest absolute Gasteiger partial charge is 0.493 e. The Kier molecular flexibility index (Phi) is 9.36. The van der Waals surface area contributed by atoms with E-state index >= 15 is 4.48 Å². The molecule has 2 aliphatic rings. The number of pyridine rings is 2. The lowest BCUT2D eigenvalue weighted by Crippen LogP contribution is -2.29. The maximum absolute atomic E-state index is 16.2. The molecule has 1 atom stereocenters. The summed E-state index contributed by atoms with van der Waals surface area (Å²) >= 11 is 3.37. The van der Waals surface area contributed by atoms with Gasteiger partial charge in [-0.3, -0.25) is 9.79 Å². The maximum Gasteiger partial charge on any atom is 0.215 e. The lowest BCUT2D eigenvalue weighted by molar-refractivity contribution is 0.0612. The number of nitrogens with zero attached hydrogens (tertiary/aromatic N) is 4. The van der Waals surface area contributed by atoms with Crippen LogP contribution in [0.2, 0.25) is 0 Å². The number of methoxy groups -OCH3 is 2. The van der Waals surface area contributed by atoms with Gasteiger partial charge in [0.25, 0.3) is 0 Å². The van der Waals surface area contributed by atoms with Crippen molar-refractivity contribution in [1.82, 2.24) is 14.9 Å². The number of nitrogens with one attached hydrogen (secondary N) is 1. The maximum atomic E-state index is 16.2. The number of nitrogens with two attached hydrogens (primary N) is 1. The summed E-state index contributed by atoms with van der Waals surface area (Å²) in [4.78, 5) is 22.6. The molecule has 1 saturated heterocycles. The predicted octanol–water partition coefficient (Wildman–Crippen LogP) is 6.53. The van der Waals surface area contributed by atoms with Gasteiger partial charge in [-0.2, -0.15) is 5.12 Å². The summed E-state index contributed by atoms with van der Waals surface area (Å²) in [6, 6.07) is 14.3. The van der Waals surface area contributed by atoms with E-state index in [0.717, 1.165) is 34.0 Å². The van der Waals surface area contributed by atoms with Crippen molar-refractivity contribution in [3.05, 3.63) is 93.6 Å². The third-order valence-electron chi connectivity index (χ3n) is 8.17. The molecule has 3 N–H and O–H groups in total. The van der Waals surface area contributed by atoms with E-state index in [-0.39, 0.29) is 11.4 Å². The molecule has 2 aromatic heterocycles. The van der Waals surface area contributed by atoms with Crippen LogP contribution < -0.4 is 31.1 Å². The van der Waals surface area contributed by atoms with E-state index in [4.69, 9.17) is 19.9 Å². The van der Waals surface area contributed by atoms with Crippen molar-refractivity contribution < 1.29 is 18.7 Å². The molecular formula is C34H34BrFN6O4. The summed E-state index contributed by atoms with van der Waals surface area (Å²) in [6.45, 7) is 2.02. The number of rotatable bonds is 9. The molecule has 12 heteroatoms. The summed E-state index contributed by atoms with van der Waals surface area (Å²) in [5.41, 5.74) is 9.40. The molecular weight excluding hydrogens is 655 g/mol. The first-order valence-electron chi connectivity index (χ1n) is 14.9. The van der Waals surface area contributed by atoms with Gasteiger partial charge in [-0.1, -0.05) is 22.7 Å². The smallest absolute Gasteiger partial charge is 0.215 e. The van der Waals surface area contributed by atoms with Crippen molar-refractivity contribution in [2.24, 2.45) is 10.9 Å². The second-order valence-electron chi connectivity index (χ2n) is 11.1. The lowest BCUT2D eigenvalue weighted by Gasteiger charge is -2.25. The van der Waals surface area contributed by atoms with Crippen molar-refractivity contribution in [2.75, 3.05) is 38.3 Å². The molecule has 0 amide bonds. The zero-order valence-electron chi connectivity index (χ0n) is 25.5. The minimum absolute atomic E-state index is 0.0976. The number of ether oxygens (including phenoxy) is 3. The van der Waals surface area contributed by atoms with Gasteiger partial charge >= 0.3 is 0 Å². The highest BCUT2D eigenvalue weighted by atomic mass is 79.9. The summed E-state index contributed by atoms with van der Waals surface area (Å²) in [7, 11) is 3.17. The summed E-state index contributed by atoms with van der Waals surface area (Å²) in [5, 5.41) is 3.54. The Morgan fingerprint density at radius 3 is 2.48 bits per heavy atom. The molecule has 4 aromatic rings. The number of anilines is 3. The van der Waals surface area contributed by atoms with Gasteiger partial charge in [0.2, 0.25) is 5.43 Å². The molecule has 10 nitrogen and oxygen atoms in total. The predicted molar refractivity (Wildman–Crippen MR) is 181 cm³/mol. The highest BCUT2D eigenvalue weighted by Crippen LogP contribution is 2.36. The van der Waals surface area contributed by atoms with E-state index < -0.39 is 11.6 Å². The Bertz CT molecular complexity index is 1840. The zero-order valence-corrected chi connectivity index (χ0v) is 27.0. The molecule has 1 unspecified atom stereocenters. The van der Waals surface area contributed by atoms with Crippen LogP contribution in [0.5, 0.6) is 11.5 Å². The Labute approximate surface area is 274 Å². The van der Waals surface area contributed by atoms with Crippen molar-refractivity contribution in [3.8, 4) is 33.8 Å². The number of aromatic nitrogens is 2. The Balaban J connectivity index is 1.31. The Morgan fingerprint density at radius 1 is 1.04 bits per heavy atom. The van der Waals surface area contributed by atoms with Crippen LogP contribution in [-0.4, -0.2) is 43.2 Å². The summed E-state index contributed by atoms with van der Waals surface area (Å²) in [5.74, 6) is 1.90. The van der Waals surface area contributed by atoms with Crippen LogP contribution in [0.15, 0.2) is 87.6 Å². The lowest BCUT2D eigenvalue weighted by atomic mass is 10.00. The number of allylic oxidation sites excluding steroid dienone is 1. The average molecular weight is 690 g/mol. The fourth-order valence-corrected chi connectivity index (χ4v) is 5.90. The van der Waals surface area contributed by atoms with Gasteiger partial charge < -0.3 is 29.8 Å². The van der Waals surface area contributed by atoms with Crippen LogP contribution in [0.4, 0.5) is 21.7 Å². The van der Waals surface area contributed by atoms with E-state index in [1.54, 1.807) is 69.5 Å². The number of halogens is 2. The van der Waals surface area contributed by atoms with Crippen LogP contribution in [0.1, 0.15) is 24.6 Å². The van der Waals surface area contributed by atoms with E-state index in [1.165, 1.54) is 0 Å². The SMILES string of the molecule is COc1ccc(-c2cnc(N)c(-c3ccc(N(F)c4cn(CC5CCOCC5)cc(C5N=CC(Br)=CN5)c4=O)cc3)c2)cc1OC. The van der Waals surface area contributed by atoms with Gasteiger partial charge in [0.05, 0.1) is 30.0 Å². The van der Waals surface area contributed by atoms with Gasteiger partial charge in [-0.25, -0.2) is 4.98 Å². The van der Waals surface area contributed by atoms with Crippen molar-refractivity contribution in [3.63, 3.8) is 0 Å². The molecule has 6 rings (SSSR count). The molecule has 46 heavy (non-hydrogen) atoms. The first kappa shape index (κ1) is 31.3. The van der Waals surface area contributed by atoms with Gasteiger partial charge in [-0.15, -0.1) is 0 Å². The van der Waals surface area contributed by atoms with Crippen LogP contribution in [-0.2, 0) is 11.3 Å². The van der Waals surface area contributed by atoms with E-state index in [2.05, 4.69) is 31.2 Å². The van der Waals surface area contributed by atoms with Crippen LogP contribution in [0, 0.1) is 5.92 Å². The summed E-state index contributed by atoms with van der Waals surface area (Å²) in [6.07, 6.45) is 9.54. The molecule has 0 spiro atoms. The number of hydrogen-bond donors (Lipinski definition) is 2. The van der Waals surface area contributed by atoms with Crippen LogP contribution in [0.25, 0.3) is 22.3 Å². The van der Waals surface area contributed by atoms with Gasteiger partial charge in [0.15, 0.2) is 11.5 Å². The number of nitrogen functional groups attached to an aromatic ring is 1. The Hall–Kier alpha value is -4.68. The average Bonchev–Trinajstić information content (AvgIpc) is 3.09. The number of hydrogen-bond acceptors (Lipinski definition) is 9. The van der Waals surface area contributed by atoms with Crippen molar-refractivity contribution >= 4 is 39.3 Å². The highest BCUT2D eigenvalue weighted by molar-refractivity contribution is 9.12. The zero-order chi connectivity index (χ0) is 32.2. The summed E-state index contributed by atoms with van der Waals surface area (Å²) < 4.78 is 35.2. The molecule has 1 fully saturated rings. The second-order valence-corrected chi connectivity index (χ2v) is 12.0. The molecule has 238 valence electrons. The Morgan fingerprint density at radius 2 is 1.78 bits per heavy atom. The minimum atomic E-state index is -0.640. The third-order valence-corrected chi connectivity index (χ3v) is 8.60. The molecule has 0 bridgehead atoms. The molecule has 4 heterocycles. The quantitative estimate of drug-likeness (QED) is 0.191. The van der Waals surface area contributed by atoms with Gasteiger partial charge in [-0.05, 0) is 76.1 Å². The number of benzene rings is 2. The first-order chi connectivity index (χ1) is 22.3. The van der Waals surface area contributed by atoms with Crippen molar-refractivity contribution in [2.45, 2.75) is 25.6 Å². The number of aliphatic imine (C=N–C) groups is 1. The highest BCUT2D eigenvalue weighted by Gasteiger charge is 2.24. The van der Waals surface area contributed by atoms with E-state index in [1.807, 2.05) is 28.8 Å². The van der Waals surface area contributed by atoms with Gasteiger partial charge in [0.1, 0.15) is 17.7 Å². The normalized spacial score (nSPS) is 16.4. The molecule has 2 aliphatic heterocycles. The monoisotopic (exact) mass is 688 g/mol. The fourth-order valence-electron chi connectivity index (χ4n) is 5.65. The van der Waals surface area contributed by atoms with Crippen molar-refractivity contribution in [1.29, 1.82) is 0 Å². The molecule has 0 aliphatic carbocycles. The minimum Gasteiger partial charge on any atom is -0.493 e. The molecule has 0 saturated carbocycles. The fraction of sp³-hybridized carbons (Fsp3) is 0.265. The molecule has 2 aromatic carbocycles.